The molecule has 3 rings (SSSR count). The number of rotatable bonds is 4. The number of nitrogens with zero attached hydrogens (tertiary/aromatic N) is 2. The summed E-state index contributed by atoms with van der Waals surface area (Å²) in [5.74, 6) is 1.49. The summed E-state index contributed by atoms with van der Waals surface area (Å²) >= 11 is 1.77. The molecule has 0 radical (unpaired) electrons. The van der Waals surface area contributed by atoms with Crippen LogP contribution in [0.4, 0.5) is 0 Å². The molecular formula is C15H12N2OS. The summed E-state index contributed by atoms with van der Waals surface area (Å²) in [7, 11) is 0. The Morgan fingerprint density at radius 3 is 2.53 bits per heavy atom. The molecule has 19 heavy (non-hydrogen) atoms. The zero-order valence-corrected chi connectivity index (χ0v) is 11.0. The molecule has 0 saturated heterocycles. The molecule has 0 fully saturated rings. The van der Waals surface area contributed by atoms with Crippen LogP contribution in [0.2, 0.25) is 0 Å². The molecule has 0 amide bonds. The van der Waals surface area contributed by atoms with Crippen molar-refractivity contribution in [3.05, 3.63) is 66.6 Å². The van der Waals surface area contributed by atoms with Crippen molar-refractivity contribution < 1.29 is 4.42 Å². The maximum absolute atomic E-state index is 5.28. The van der Waals surface area contributed by atoms with Gasteiger partial charge in [0.1, 0.15) is 0 Å². The van der Waals surface area contributed by atoms with Crippen molar-refractivity contribution in [3.8, 4) is 11.5 Å². The monoisotopic (exact) mass is 268 g/mol. The van der Waals surface area contributed by atoms with Crippen LogP contribution >= 0.6 is 11.8 Å². The second kappa shape index (κ2) is 5.71. The largest absolute Gasteiger partial charge is 0.423 e. The minimum absolute atomic E-state index is 0.566. The van der Waals surface area contributed by atoms with Gasteiger partial charge in [0.2, 0.25) is 12.3 Å². The van der Waals surface area contributed by atoms with Crippen LogP contribution in [0.25, 0.3) is 11.5 Å². The lowest BCUT2D eigenvalue weighted by Crippen LogP contribution is -1.84. The van der Waals surface area contributed by atoms with Crippen LogP contribution in [0.5, 0.6) is 0 Å². The molecule has 4 heteroatoms. The molecule has 0 unspecified atom stereocenters. The van der Waals surface area contributed by atoms with Gasteiger partial charge >= 0.3 is 0 Å². The van der Waals surface area contributed by atoms with Gasteiger partial charge in [-0.3, -0.25) is 0 Å². The number of hydrogen-bond donors (Lipinski definition) is 0. The van der Waals surface area contributed by atoms with Crippen LogP contribution in [0.15, 0.2) is 70.3 Å². The summed E-state index contributed by atoms with van der Waals surface area (Å²) in [4.78, 5) is 1.15. The van der Waals surface area contributed by atoms with Crippen LogP contribution in [-0.4, -0.2) is 10.2 Å². The Hall–Kier alpha value is -2.07. The molecule has 94 valence electrons. The fraction of sp³-hybridized carbons (Fsp3) is 0.0667. The van der Waals surface area contributed by atoms with Gasteiger partial charge in [0.15, 0.2) is 0 Å². The minimum Gasteiger partial charge on any atom is -0.423 e. The molecule has 3 nitrogen and oxygen atoms in total. The molecule has 0 spiro atoms. The van der Waals surface area contributed by atoms with Crippen molar-refractivity contribution in [3.63, 3.8) is 0 Å². The Labute approximate surface area is 115 Å². The second-order valence-electron chi connectivity index (χ2n) is 4.01. The van der Waals surface area contributed by atoms with E-state index in [0.717, 1.165) is 16.2 Å². The first-order valence-corrected chi connectivity index (χ1v) is 6.94. The number of aromatic nitrogens is 2. The quantitative estimate of drug-likeness (QED) is 0.670. The van der Waals surface area contributed by atoms with E-state index in [2.05, 4.69) is 40.5 Å². The van der Waals surface area contributed by atoms with Gasteiger partial charge in [-0.1, -0.05) is 42.5 Å². The lowest BCUT2D eigenvalue weighted by molar-refractivity contribution is 0.567. The van der Waals surface area contributed by atoms with Crippen molar-refractivity contribution in [2.75, 3.05) is 0 Å². The molecule has 0 aliphatic carbocycles. The summed E-state index contributed by atoms with van der Waals surface area (Å²) in [6.45, 7) is 0. The van der Waals surface area contributed by atoms with E-state index in [1.807, 2.05) is 24.3 Å². The first kappa shape index (κ1) is 12.0. The standard InChI is InChI=1S/C15H12N2OS/c1-2-6-12(7-3-1)10-19-14-9-5-4-8-13(14)15-17-16-11-18-15/h1-9,11H,10H2. The molecule has 3 aromatic rings. The van der Waals surface area contributed by atoms with E-state index in [0.29, 0.717) is 5.89 Å². The van der Waals surface area contributed by atoms with Gasteiger partial charge in [-0.15, -0.1) is 22.0 Å². The highest BCUT2D eigenvalue weighted by Gasteiger charge is 2.09. The lowest BCUT2D eigenvalue weighted by Gasteiger charge is -2.05. The Morgan fingerprint density at radius 1 is 0.947 bits per heavy atom. The van der Waals surface area contributed by atoms with Gasteiger partial charge < -0.3 is 4.42 Å². The fourth-order valence-corrected chi connectivity index (χ4v) is 2.80. The maximum atomic E-state index is 5.28. The number of hydrogen-bond acceptors (Lipinski definition) is 4. The molecular weight excluding hydrogens is 256 g/mol. The van der Waals surface area contributed by atoms with E-state index >= 15 is 0 Å². The van der Waals surface area contributed by atoms with Crippen molar-refractivity contribution in [1.29, 1.82) is 0 Å². The van der Waals surface area contributed by atoms with Crippen LogP contribution in [-0.2, 0) is 5.75 Å². The Balaban J connectivity index is 1.82. The molecule has 0 N–H and O–H groups in total. The maximum Gasteiger partial charge on any atom is 0.248 e. The SMILES string of the molecule is c1ccc(CSc2ccccc2-c2nnco2)cc1. The first-order chi connectivity index (χ1) is 9.43. The zero-order valence-electron chi connectivity index (χ0n) is 10.2. The predicted molar refractivity (Wildman–Crippen MR) is 75.7 cm³/mol. The van der Waals surface area contributed by atoms with E-state index in [1.54, 1.807) is 11.8 Å². The van der Waals surface area contributed by atoms with E-state index in [-0.39, 0.29) is 0 Å². The van der Waals surface area contributed by atoms with Crippen molar-refractivity contribution in [1.82, 2.24) is 10.2 Å². The van der Waals surface area contributed by atoms with Gasteiger partial charge in [0.25, 0.3) is 0 Å². The number of thioether (sulfide) groups is 1. The summed E-state index contributed by atoms with van der Waals surface area (Å²) in [5, 5.41) is 7.70. The van der Waals surface area contributed by atoms with Gasteiger partial charge in [-0.25, -0.2) is 0 Å². The Bertz CT molecular complexity index is 638. The minimum atomic E-state index is 0.566. The van der Waals surface area contributed by atoms with E-state index in [4.69, 9.17) is 4.42 Å². The van der Waals surface area contributed by atoms with Crippen molar-refractivity contribution in [2.24, 2.45) is 0 Å². The number of benzene rings is 2. The third kappa shape index (κ3) is 2.85. The molecule has 0 aliphatic heterocycles. The third-order valence-electron chi connectivity index (χ3n) is 2.71. The van der Waals surface area contributed by atoms with Crippen LogP contribution in [0.3, 0.4) is 0 Å². The molecule has 0 atom stereocenters. The van der Waals surface area contributed by atoms with Crippen LogP contribution < -0.4 is 0 Å². The normalized spacial score (nSPS) is 10.5. The Morgan fingerprint density at radius 2 is 1.74 bits per heavy atom. The summed E-state index contributed by atoms with van der Waals surface area (Å²) in [6.07, 6.45) is 1.36. The van der Waals surface area contributed by atoms with Crippen molar-refractivity contribution >= 4 is 11.8 Å². The van der Waals surface area contributed by atoms with Crippen LogP contribution in [0, 0.1) is 0 Å². The molecule has 1 heterocycles. The highest BCUT2D eigenvalue weighted by atomic mass is 32.2. The fourth-order valence-electron chi connectivity index (χ4n) is 1.79. The molecule has 0 aliphatic rings. The highest BCUT2D eigenvalue weighted by molar-refractivity contribution is 7.98. The molecule has 0 bridgehead atoms. The van der Waals surface area contributed by atoms with Gasteiger partial charge in [-0.05, 0) is 17.7 Å². The summed E-state index contributed by atoms with van der Waals surface area (Å²) < 4.78 is 5.28. The predicted octanol–water partition coefficient (Wildman–Crippen LogP) is 4.03. The average molecular weight is 268 g/mol. The Kier molecular flexibility index (Phi) is 3.61. The summed E-state index contributed by atoms with van der Waals surface area (Å²) in [6, 6.07) is 18.5. The van der Waals surface area contributed by atoms with Crippen molar-refractivity contribution in [2.45, 2.75) is 10.6 Å². The molecule has 1 aromatic heterocycles. The van der Waals surface area contributed by atoms with Gasteiger partial charge in [0.05, 0.1) is 5.56 Å². The average Bonchev–Trinajstić information content (AvgIpc) is 3.01. The first-order valence-electron chi connectivity index (χ1n) is 5.96. The molecule has 2 aromatic carbocycles. The van der Waals surface area contributed by atoms with Crippen LogP contribution in [0.1, 0.15) is 5.56 Å². The zero-order chi connectivity index (χ0) is 12.9. The highest BCUT2D eigenvalue weighted by Crippen LogP contribution is 2.31. The summed E-state index contributed by atoms with van der Waals surface area (Å²) in [5.41, 5.74) is 2.29. The van der Waals surface area contributed by atoms with Gasteiger partial charge in [-0.2, -0.15) is 0 Å². The smallest absolute Gasteiger partial charge is 0.248 e. The van der Waals surface area contributed by atoms with E-state index in [1.165, 1.54) is 12.0 Å². The second-order valence-corrected chi connectivity index (χ2v) is 5.03. The van der Waals surface area contributed by atoms with Gasteiger partial charge in [0, 0.05) is 10.6 Å². The van der Waals surface area contributed by atoms with E-state index in [9.17, 15) is 0 Å². The lowest BCUT2D eigenvalue weighted by atomic mass is 10.2. The topological polar surface area (TPSA) is 38.9 Å². The third-order valence-corrected chi connectivity index (χ3v) is 3.86. The van der Waals surface area contributed by atoms with E-state index < -0.39 is 0 Å². The molecule has 0 saturated carbocycles.